The molecule has 102 valence electrons. The zero-order valence-corrected chi connectivity index (χ0v) is 11.7. The molecule has 1 unspecified atom stereocenters. The second kappa shape index (κ2) is 5.33. The number of nitrogen functional groups attached to an aromatic ring is 1. The molecule has 0 bridgehead atoms. The van der Waals surface area contributed by atoms with E-state index in [0.717, 1.165) is 49.5 Å². The number of carbonyl (C=O) groups excluding carboxylic acids is 1. The smallest absolute Gasteiger partial charge is 0.242 e. The molecular weight excluding hydrogens is 258 g/mol. The minimum atomic E-state index is -0.0380. The van der Waals surface area contributed by atoms with E-state index in [1.165, 1.54) is 4.90 Å². The Balaban J connectivity index is 1.93. The number of nitrogens with two attached hydrogens (primary N) is 1. The number of carbonyl (C=O) groups is 1. The van der Waals surface area contributed by atoms with Crippen molar-refractivity contribution >= 4 is 29.0 Å². The average Bonchev–Trinajstić information content (AvgIpc) is 2.63. The van der Waals surface area contributed by atoms with Gasteiger partial charge in [0.05, 0.1) is 5.69 Å². The third-order valence-corrected chi connectivity index (χ3v) is 4.81. The first kappa shape index (κ1) is 12.7. The predicted octanol–water partition coefficient (Wildman–Crippen LogP) is 1.85. The molecule has 1 fully saturated rings. The van der Waals surface area contributed by atoms with E-state index < -0.39 is 0 Å². The number of anilines is 2. The van der Waals surface area contributed by atoms with Crippen LogP contribution in [0.4, 0.5) is 11.4 Å². The summed E-state index contributed by atoms with van der Waals surface area (Å²) in [4.78, 5) is 15.7. The van der Waals surface area contributed by atoms with E-state index in [2.05, 4.69) is 16.3 Å². The van der Waals surface area contributed by atoms with Crippen LogP contribution in [0.2, 0.25) is 0 Å². The topological polar surface area (TPSA) is 58.4 Å². The number of benzene rings is 1. The van der Waals surface area contributed by atoms with Crippen molar-refractivity contribution in [3.05, 3.63) is 18.2 Å². The highest BCUT2D eigenvalue weighted by Crippen LogP contribution is 2.37. The Morgan fingerprint density at radius 1 is 1.37 bits per heavy atom. The normalized spacial score (nSPS) is 23.5. The lowest BCUT2D eigenvalue weighted by Gasteiger charge is -2.36. The standard InChI is InChI=1S/C14H19N3OS/c15-10-4-5-13-12(9-10)17(7-8-19-13)11-3-1-2-6-16-14(11)18/h4-5,9,11H,1-3,6-8,15H2,(H,16,18). The quantitative estimate of drug-likeness (QED) is 0.769. The Hall–Kier alpha value is -1.36. The fourth-order valence-electron chi connectivity index (χ4n) is 2.80. The lowest BCUT2D eigenvalue weighted by Crippen LogP contribution is -2.48. The van der Waals surface area contributed by atoms with Crippen molar-refractivity contribution in [3.8, 4) is 0 Å². The lowest BCUT2D eigenvalue weighted by molar-refractivity contribution is -0.122. The highest BCUT2D eigenvalue weighted by atomic mass is 32.2. The lowest BCUT2D eigenvalue weighted by atomic mass is 10.1. The van der Waals surface area contributed by atoms with Gasteiger partial charge in [-0.15, -0.1) is 11.8 Å². The number of amides is 1. The molecule has 0 saturated carbocycles. The Kier molecular flexibility index (Phi) is 3.55. The van der Waals surface area contributed by atoms with E-state index in [1.807, 2.05) is 23.9 Å². The first-order valence-electron chi connectivity index (χ1n) is 6.82. The molecule has 0 aliphatic carbocycles. The van der Waals surface area contributed by atoms with Crippen molar-refractivity contribution in [2.45, 2.75) is 30.2 Å². The third kappa shape index (κ3) is 2.52. The second-order valence-corrected chi connectivity index (χ2v) is 6.21. The molecule has 1 amide bonds. The van der Waals surface area contributed by atoms with Crippen molar-refractivity contribution in [1.29, 1.82) is 0 Å². The van der Waals surface area contributed by atoms with Crippen LogP contribution >= 0.6 is 11.8 Å². The first-order valence-corrected chi connectivity index (χ1v) is 7.81. The maximum Gasteiger partial charge on any atom is 0.242 e. The Bertz CT molecular complexity index is 492. The molecule has 1 saturated heterocycles. The van der Waals surface area contributed by atoms with E-state index in [9.17, 15) is 4.79 Å². The monoisotopic (exact) mass is 277 g/mol. The molecule has 2 aliphatic rings. The van der Waals surface area contributed by atoms with E-state index in [0.29, 0.717) is 0 Å². The van der Waals surface area contributed by atoms with Gasteiger partial charge in [0.15, 0.2) is 0 Å². The molecule has 0 radical (unpaired) electrons. The molecule has 4 nitrogen and oxygen atoms in total. The van der Waals surface area contributed by atoms with Crippen LogP contribution in [-0.2, 0) is 4.79 Å². The van der Waals surface area contributed by atoms with Gasteiger partial charge in [-0.05, 0) is 37.5 Å². The van der Waals surface area contributed by atoms with Gasteiger partial charge < -0.3 is 16.0 Å². The predicted molar refractivity (Wildman–Crippen MR) is 79.6 cm³/mol. The van der Waals surface area contributed by atoms with Gasteiger partial charge >= 0.3 is 0 Å². The molecular formula is C14H19N3OS. The van der Waals surface area contributed by atoms with Crippen LogP contribution in [0.3, 0.4) is 0 Å². The third-order valence-electron chi connectivity index (χ3n) is 3.76. The van der Waals surface area contributed by atoms with E-state index >= 15 is 0 Å². The number of fused-ring (bicyclic) bond motifs is 1. The average molecular weight is 277 g/mol. The number of hydrogen-bond donors (Lipinski definition) is 2. The number of rotatable bonds is 1. The van der Waals surface area contributed by atoms with E-state index in [-0.39, 0.29) is 11.9 Å². The van der Waals surface area contributed by atoms with Gasteiger partial charge in [-0.1, -0.05) is 0 Å². The fourth-order valence-corrected chi connectivity index (χ4v) is 3.80. The molecule has 1 aromatic rings. The summed E-state index contributed by atoms with van der Waals surface area (Å²) in [7, 11) is 0. The van der Waals surface area contributed by atoms with Crippen molar-refractivity contribution in [2.24, 2.45) is 0 Å². The summed E-state index contributed by atoms with van der Waals surface area (Å²) in [5.74, 6) is 1.19. The zero-order chi connectivity index (χ0) is 13.2. The summed E-state index contributed by atoms with van der Waals surface area (Å²) in [6.07, 6.45) is 3.12. The molecule has 19 heavy (non-hydrogen) atoms. The Labute approximate surface area is 117 Å². The molecule has 3 rings (SSSR count). The van der Waals surface area contributed by atoms with Gasteiger partial charge in [-0.3, -0.25) is 4.79 Å². The van der Waals surface area contributed by atoms with Crippen LogP contribution in [-0.4, -0.2) is 30.8 Å². The molecule has 0 aromatic heterocycles. The maximum atomic E-state index is 12.2. The summed E-state index contributed by atoms with van der Waals surface area (Å²) >= 11 is 1.84. The largest absolute Gasteiger partial charge is 0.399 e. The van der Waals surface area contributed by atoms with Gasteiger partial charge in [0.1, 0.15) is 6.04 Å². The van der Waals surface area contributed by atoms with Gasteiger partial charge in [-0.25, -0.2) is 0 Å². The van der Waals surface area contributed by atoms with Gasteiger partial charge in [0.25, 0.3) is 0 Å². The molecule has 1 aromatic carbocycles. The van der Waals surface area contributed by atoms with Crippen LogP contribution in [0.5, 0.6) is 0 Å². The van der Waals surface area contributed by atoms with Crippen LogP contribution in [0, 0.1) is 0 Å². The SMILES string of the molecule is Nc1ccc2c(c1)N(C1CCCCNC1=O)CCS2. The molecule has 1 atom stereocenters. The van der Waals surface area contributed by atoms with Crippen LogP contribution < -0.4 is 16.0 Å². The summed E-state index contributed by atoms with van der Waals surface area (Å²) in [5.41, 5.74) is 7.79. The van der Waals surface area contributed by atoms with Crippen molar-refractivity contribution in [1.82, 2.24) is 5.32 Å². The highest BCUT2D eigenvalue weighted by Gasteiger charge is 2.30. The molecule has 2 heterocycles. The number of thioether (sulfide) groups is 1. The van der Waals surface area contributed by atoms with Gasteiger partial charge in [-0.2, -0.15) is 0 Å². The summed E-state index contributed by atoms with van der Waals surface area (Å²) in [6.45, 7) is 1.72. The molecule has 5 heteroatoms. The van der Waals surface area contributed by atoms with Crippen LogP contribution in [0.25, 0.3) is 0 Å². The fraction of sp³-hybridized carbons (Fsp3) is 0.500. The summed E-state index contributed by atoms with van der Waals surface area (Å²) in [5, 5.41) is 3.02. The highest BCUT2D eigenvalue weighted by molar-refractivity contribution is 7.99. The number of hydrogen-bond acceptors (Lipinski definition) is 4. The minimum Gasteiger partial charge on any atom is -0.399 e. The van der Waals surface area contributed by atoms with Crippen molar-refractivity contribution in [2.75, 3.05) is 29.5 Å². The Morgan fingerprint density at radius 3 is 3.16 bits per heavy atom. The molecule has 2 aliphatic heterocycles. The number of nitrogens with zero attached hydrogens (tertiary/aromatic N) is 1. The first-order chi connectivity index (χ1) is 9.25. The zero-order valence-electron chi connectivity index (χ0n) is 10.9. The maximum absolute atomic E-state index is 12.2. The number of nitrogens with one attached hydrogen (secondary N) is 1. The van der Waals surface area contributed by atoms with E-state index in [1.54, 1.807) is 0 Å². The van der Waals surface area contributed by atoms with Crippen molar-refractivity contribution < 1.29 is 4.79 Å². The van der Waals surface area contributed by atoms with E-state index in [4.69, 9.17) is 5.73 Å². The van der Waals surface area contributed by atoms with Crippen LogP contribution in [0.1, 0.15) is 19.3 Å². The summed E-state index contributed by atoms with van der Waals surface area (Å²) < 4.78 is 0. The second-order valence-electron chi connectivity index (χ2n) is 5.07. The van der Waals surface area contributed by atoms with Gasteiger partial charge in [0, 0.05) is 29.4 Å². The van der Waals surface area contributed by atoms with Crippen molar-refractivity contribution in [3.63, 3.8) is 0 Å². The Morgan fingerprint density at radius 2 is 2.26 bits per heavy atom. The minimum absolute atomic E-state index is 0.0380. The van der Waals surface area contributed by atoms with Gasteiger partial charge in [0.2, 0.25) is 5.91 Å². The van der Waals surface area contributed by atoms with Crippen LogP contribution in [0.15, 0.2) is 23.1 Å². The summed E-state index contributed by atoms with van der Waals surface area (Å²) in [6, 6.07) is 5.96. The molecule has 0 spiro atoms. The molecule has 3 N–H and O–H groups in total.